The van der Waals surface area contributed by atoms with Crippen molar-refractivity contribution in [2.45, 2.75) is 58.8 Å². The molecule has 2 nitrogen and oxygen atoms in total. The molecule has 0 spiro atoms. The average molecular weight is 314 g/mol. The van der Waals surface area contributed by atoms with Crippen molar-refractivity contribution in [3.05, 3.63) is 24.3 Å². The number of carboxylic acid groups (broad SMARTS) is 1. The first-order valence-corrected chi connectivity index (χ1v) is 9.53. The van der Waals surface area contributed by atoms with E-state index in [-0.39, 0.29) is 5.41 Å². The molecule has 0 aromatic rings. The predicted molar refractivity (Wildman–Crippen MR) is 91.9 cm³/mol. The van der Waals surface area contributed by atoms with E-state index in [1.807, 2.05) is 0 Å². The number of allylic oxidation sites excluding steroid dienone is 4. The van der Waals surface area contributed by atoms with E-state index >= 15 is 0 Å². The van der Waals surface area contributed by atoms with Crippen molar-refractivity contribution >= 4 is 5.97 Å². The molecule has 0 radical (unpaired) electrons. The Hall–Kier alpha value is -1.05. The topological polar surface area (TPSA) is 37.3 Å². The molecule has 2 heteroatoms. The maximum atomic E-state index is 11.3. The van der Waals surface area contributed by atoms with Crippen molar-refractivity contribution in [2.75, 3.05) is 0 Å². The number of hydrogen-bond donors (Lipinski definition) is 1. The largest absolute Gasteiger partial charge is 0.481 e. The summed E-state index contributed by atoms with van der Waals surface area (Å²) in [5.74, 6) is 2.87. The molecule has 0 aliphatic heterocycles. The standard InChI is InChI=1S/C21H30O2/c1-20-11-4-3-5-14(20)6-8-16-17-9-7-15(13-19(22)23)21(17,2)12-10-18(16)20/h3-5,11,14-18H,6-10,12-13H2,1-2H3,(H,22,23)/t14?,15-,16+,17+,18+,20+,21-/m1/s1. The summed E-state index contributed by atoms with van der Waals surface area (Å²) < 4.78 is 0. The van der Waals surface area contributed by atoms with E-state index in [2.05, 4.69) is 38.2 Å². The zero-order valence-corrected chi connectivity index (χ0v) is 14.5. The van der Waals surface area contributed by atoms with Crippen molar-refractivity contribution in [2.24, 2.45) is 40.4 Å². The second kappa shape index (κ2) is 5.22. The van der Waals surface area contributed by atoms with Crippen molar-refractivity contribution < 1.29 is 9.90 Å². The van der Waals surface area contributed by atoms with E-state index in [1.165, 1.54) is 32.1 Å². The molecule has 0 amide bonds. The number of carbonyl (C=O) groups is 1. The normalized spacial score (nSPS) is 51.0. The first-order valence-electron chi connectivity index (χ1n) is 9.53. The van der Waals surface area contributed by atoms with Gasteiger partial charge in [0.15, 0.2) is 0 Å². The molecule has 3 saturated carbocycles. The number of rotatable bonds is 2. The van der Waals surface area contributed by atoms with Crippen LogP contribution in [-0.2, 0) is 4.79 Å². The van der Waals surface area contributed by atoms with Gasteiger partial charge in [-0.1, -0.05) is 38.2 Å². The SMILES string of the molecule is C[C@]12CC[C@H]3[C@@H](CCC4C=CC=C[C@@]43C)[C@@H]1CC[C@@H]2CC(=O)O. The third-order valence-electron chi connectivity index (χ3n) is 8.37. The molecule has 23 heavy (non-hydrogen) atoms. The Morgan fingerprint density at radius 3 is 2.70 bits per heavy atom. The Balaban J connectivity index is 1.61. The third kappa shape index (κ3) is 2.16. The van der Waals surface area contributed by atoms with Crippen LogP contribution in [0.2, 0.25) is 0 Å². The van der Waals surface area contributed by atoms with Gasteiger partial charge in [-0.25, -0.2) is 0 Å². The van der Waals surface area contributed by atoms with Gasteiger partial charge in [-0.2, -0.15) is 0 Å². The summed E-state index contributed by atoms with van der Waals surface area (Å²) in [4.78, 5) is 11.3. The second-order valence-electron chi connectivity index (χ2n) is 9.09. The van der Waals surface area contributed by atoms with Gasteiger partial charge >= 0.3 is 5.97 Å². The van der Waals surface area contributed by atoms with Crippen LogP contribution in [0.4, 0.5) is 0 Å². The van der Waals surface area contributed by atoms with Gasteiger partial charge in [0.1, 0.15) is 0 Å². The highest BCUT2D eigenvalue weighted by Crippen LogP contribution is 2.66. The zero-order valence-electron chi connectivity index (χ0n) is 14.5. The van der Waals surface area contributed by atoms with E-state index in [9.17, 15) is 9.90 Å². The fourth-order valence-electron chi connectivity index (χ4n) is 7.09. The van der Waals surface area contributed by atoms with Crippen LogP contribution in [0.25, 0.3) is 0 Å². The summed E-state index contributed by atoms with van der Waals surface area (Å²) >= 11 is 0. The average Bonchev–Trinajstić information content (AvgIpc) is 2.83. The molecule has 1 N–H and O–H groups in total. The molecule has 4 rings (SSSR count). The Kier molecular flexibility index (Phi) is 3.52. The number of hydrogen-bond acceptors (Lipinski definition) is 1. The summed E-state index contributed by atoms with van der Waals surface area (Å²) in [6, 6.07) is 0. The van der Waals surface area contributed by atoms with Gasteiger partial charge in [0.05, 0.1) is 0 Å². The molecule has 0 bridgehead atoms. The van der Waals surface area contributed by atoms with Crippen LogP contribution < -0.4 is 0 Å². The van der Waals surface area contributed by atoms with Gasteiger partial charge in [0, 0.05) is 6.42 Å². The van der Waals surface area contributed by atoms with Crippen molar-refractivity contribution in [1.82, 2.24) is 0 Å². The van der Waals surface area contributed by atoms with Crippen LogP contribution in [-0.4, -0.2) is 11.1 Å². The van der Waals surface area contributed by atoms with Gasteiger partial charge < -0.3 is 5.11 Å². The molecular weight excluding hydrogens is 284 g/mol. The van der Waals surface area contributed by atoms with Crippen LogP contribution in [0.5, 0.6) is 0 Å². The predicted octanol–water partition coefficient (Wildman–Crippen LogP) is 5.06. The summed E-state index contributed by atoms with van der Waals surface area (Å²) in [5, 5.41) is 9.29. The summed E-state index contributed by atoms with van der Waals surface area (Å²) in [6.45, 7) is 4.90. The minimum atomic E-state index is -0.602. The number of fused-ring (bicyclic) bond motifs is 5. The maximum absolute atomic E-state index is 11.3. The summed E-state index contributed by atoms with van der Waals surface area (Å²) in [6.07, 6.45) is 17.4. The molecule has 4 aliphatic rings. The number of carboxylic acids is 1. The minimum Gasteiger partial charge on any atom is -0.481 e. The monoisotopic (exact) mass is 314 g/mol. The zero-order chi connectivity index (χ0) is 16.2. The molecule has 126 valence electrons. The van der Waals surface area contributed by atoms with Gasteiger partial charge in [-0.15, -0.1) is 0 Å². The Morgan fingerprint density at radius 1 is 1.09 bits per heavy atom. The lowest BCUT2D eigenvalue weighted by Gasteiger charge is -2.58. The van der Waals surface area contributed by atoms with E-state index in [0.29, 0.717) is 23.7 Å². The van der Waals surface area contributed by atoms with E-state index in [0.717, 1.165) is 24.2 Å². The molecule has 3 fully saturated rings. The highest BCUT2D eigenvalue weighted by Gasteiger charge is 2.58. The lowest BCUT2D eigenvalue weighted by atomic mass is 9.46. The van der Waals surface area contributed by atoms with Crippen LogP contribution >= 0.6 is 0 Å². The Morgan fingerprint density at radius 2 is 1.91 bits per heavy atom. The summed E-state index contributed by atoms with van der Waals surface area (Å²) in [5.41, 5.74) is 0.612. The van der Waals surface area contributed by atoms with Gasteiger partial charge in [0.2, 0.25) is 0 Å². The van der Waals surface area contributed by atoms with Gasteiger partial charge in [0.25, 0.3) is 0 Å². The maximum Gasteiger partial charge on any atom is 0.303 e. The fourth-order valence-corrected chi connectivity index (χ4v) is 7.09. The molecule has 0 heterocycles. The van der Waals surface area contributed by atoms with E-state index < -0.39 is 5.97 Å². The van der Waals surface area contributed by atoms with Gasteiger partial charge in [-0.05, 0) is 78.9 Å². The van der Waals surface area contributed by atoms with Crippen LogP contribution in [0, 0.1) is 40.4 Å². The molecule has 4 aliphatic carbocycles. The summed E-state index contributed by atoms with van der Waals surface area (Å²) in [7, 11) is 0. The molecule has 0 aromatic carbocycles. The number of aliphatic carboxylic acids is 1. The van der Waals surface area contributed by atoms with E-state index in [4.69, 9.17) is 0 Å². The molecular formula is C21H30O2. The first-order chi connectivity index (χ1) is 10.9. The van der Waals surface area contributed by atoms with Crippen LogP contribution in [0.3, 0.4) is 0 Å². The van der Waals surface area contributed by atoms with Gasteiger partial charge in [-0.3, -0.25) is 4.79 Å². The smallest absolute Gasteiger partial charge is 0.303 e. The van der Waals surface area contributed by atoms with Crippen molar-refractivity contribution in [1.29, 1.82) is 0 Å². The highest BCUT2D eigenvalue weighted by atomic mass is 16.4. The second-order valence-corrected chi connectivity index (χ2v) is 9.09. The van der Waals surface area contributed by atoms with Crippen molar-refractivity contribution in [3.63, 3.8) is 0 Å². The fraction of sp³-hybridized carbons (Fsp3) is 0.762. The van der Waals surface area contributed by atoms with Crippen LogP contribution in [0.15, 0.2) is 24.3 Å². The quantitative estimate of drug-likeness (QED) is 0.773. The molecule has 0 saturated heterocycles. The van der Waals surface area contributed by atoms with Crippen LogP contribution in [0.1, 0.15) is 58.8 Å². The van der Waals surface area contributed by atoms with E-state index in [1.54, 1.807) is 0 Å². The lowest BCUT2D eigenvalue weighted by Crippen LogP contribution is -2.51. The Bertz CT molecular complexity index is 562. The third-order valence-corrected chi connectivity index (χ3v) is 8.37. The molecule has 0 aromatic heterocycles. The highest BCUT2D eigenvalue weighted by molar-refractivity contribution is 5.67. The molecule has 7 atom stereocenters. The lowest BCUT2D eigenvalue weighted by molar-refractivity contribution is -0.140. The Labute approximate surface area is 140 Å². The minimum absolute atomic E-state index is 0.275. The molecule has 1 unspecified atom stereocenters. The first kappa shape index (κ1) is 15.5. The van der Waals surface area contributed by atoms with Crippen molar-refractivity contribution in [3.8, 4) is 0 Å².